The minimum atomic E-state index is 0.183. The fraction of sp³-hybridized carbons (Fsp3) is 0.667. The second-order valence-corrected chi connectivity index (χ2v) is 4.71. The molecule has 0 bridgehead atoms. The van der Waals surface area contributed by atoms with Crippen LogP contribution in [0.25, 0.3) is 0 Å². The van der Waals surface area contributed by atoms with Gasteiger partial charge in [-0.1, -0.05) is 0 Å². The van der Waals surface area contributed by atoms with Gasteiger partial charge in [-0.15, -0.1) is 5.10 Å². The molecule has 1 aliphatic heterocycles. The Hall–Kier alpha value is -1.16. The smallest absolute Gasteiger partial charge is 0.151 e. The highest BCUT2D eigenvalue weighted by molar-refractivity contribution is 5.41. The Labute approximate surface area is 96.9 Å². The Morgan fingerprint density at radius 2 is 2.31 bits per heavy atom. The predicted octanol–water partition coefficient (Wildman–Crippen LogP) is 1.49. The van der Waals surface area contributed by atoms with Crippen molar-refractivity contribution in [3.8, 4) is 0 Å². The molecule has 0 amide bonds. The van der Waals surface area contributed by atoms with Gasteiger partial charge in [0.1, 0.15) is 0 Å². The van der Waals surface area contributed by atoms with Crippen molar-refractivity contribution in [3.63, 3.8) is 0 Å². The third-order valence-corrected chi connectivity index (χ3v) is 3.23. The number of rotatable bonds is 2. The van der Waals surface area contributed by atoms with Crippen LogP contribution in [0.2, 0.25) is 0 Å². The van der Waals surface area contributed by atoms with E-state index >= 15 is 0 Å². The van der Waals surface area contributed by atoms with Gasteiger partial charge in [-0.3, -0.25) is 0 Å². The van der Waals surface area contributed by atoms with Gasteiger partial charge >= 0.3 is 0 Å². The van der Waals surface area contributed by atoms with E-state index in [0.717, 1.165) is 24.3 Å². The summed E-state index contributed by atoms with van der Waals surface area (Å²) in [5.41, 5.74) is 7.19. The summed E-state index contributed by atoms with van der Waals surface area (Å²) in [4.78, 5) is 2.31. The SMILES string of the molecule is Cc1cnnc(N2CCCCC2C(C)N)c1. The summed E-state index contributed by atoms with van der Waals surface area (Å²) >= 11 is 0. The number of hydrogen-bond donors (Lipinski definition) is 1. The summed E-state index contributed by atoms with van der Waals surface area (Å²) in [6, 6.07) is 2.68. The summed E-state index contributed by atoms with van der Waals surface area (Å²) in [6.07, 6.45) is 5.43. The quantitative estimate of drug-likeness (QED) is 0.820. The van der Waals surface area contributed by atoms with Crippen LogP contribution in [0.1, 0.15) is 31.7 Å². The zero-order valence-electron chi connectivity index (χ0n) is 10.1. The molecule has 4 heteroatoms. The highest BCUT2D eigenvalue weighted by Crippen LogP contribution is 2.24. The molecular weight excluding hydrogens is 200 g/mol. The third kappa shape index (κ3) is 2.32. The van der Waals surface area contributed by atoms with Gasteiger partial charge in [0.2, 0.25) is 0 Å². The average molecular weight is 220 g/mol. The van der Waals surface area contributed by atoms with Gasteiger partial charge in [0.05, 0.1) is 6.20 Å². The van der Waals surface area contributed by atoms with Crippen LogP contribution in [0.4, 0.5) is 5.82 Å². The van der Waals surface area contributed by atoms with E-state index in [9.17, 15) is 0 Å². The average Bonchev–Trinajstić information content (AvgIpc) is 2.29. The normalized spacial score (nSPS) is 23.2. The molecular formula is C12H20N4. The fourth-order valence-corrected chi connectivity index (χ4v) is 2.38. The largest absolute Gasteiger partial charge is 0.351 e. The van der Waals surface area contributed by atoms with Crippen molar-refractivity contribution in [2.75, 3.05) is 11.4 Å². The molecule has 1 saturated heterocycles. The highest BCUT2D eigenvalue weighted by atomic mass is 15.3. The van der Waals surface area contributed by atoms with Gasteiger partial charge in [0.15, 0.2) is 5.82 Å². The topological polar surface area (TPSA) is 55.0 Å². The van der Waals surface area contributed by atoms with Crippen molar-refractivity contribution in [1.29, 1.82) is 0 Å². The highest BCUT2D eigenvalue weighted by Gasteiger charge is 2.26. The molecule has 88 valence electrons. The van der Waals surface area contributed by atoms with Crippen LogP contribution < -0.4 is 10.6 Å². The molecule has 0 aliphatic carbocycles. The molecule has 2 heterocycles. The van der Waals surface area contributed by atoms with Crippen molar-refractivity contribution in [2.24, 2.45) is 5.73 Å². The van der Waals surface area contributed by atoms with Crippen molar-refractivity contribution < 1.29 is 0 Å². The predicted molar refractivity (Wildman–Crippen MR) is 65.4 cm³/mol. The molecule has 2 atom stereocenters. The lowest BCUT2D eigenvalue weighted by Gasteiger charge is -2.38. The van der Waals surface area contributed by atoms with E-state index in [1.807, 2.05) is 6.92 Å². The van der Waals surface area contributed by atoms with E-state index in [4.69, 9.17) is 5.73 Å². The zero-order valence-corrected chi connectivity index (χ0v) is 10.1. The minimum absolute atomic E-state index is 0.183. The number of aromatic nitrogens is 2. The standard InChI is InChI=1S/C12H20N4/c1-9-7-12(15-14-8-9)16-6-4-3-5-11(16)10(2)13/h7-8,10-11H,3-6,13H2,1-2H3. The van der Waals surface area contributed by atoms with Crippen molar-refractivity contribution in [3.05, 3.63) is 17.8 Å². The van der Waals surface area contributed by atoms with Crippen LogP contribution in [0.5, 0.6) is 0 Å². The van der Waals surface area contributed by atoms with E-state index in [2.05, 4.69) is 28.1 Å². The summed E-state index contributed by atoms with van der Waals surface area (Å²) in [5.74, 6) is 0.974. The number of piperidine rings is 1. The summed E-state index contributed by atoms with van der Waals surface area (Å²) in [6.45, 7) is 5.17. The number of nitrogens with two attached hydrogens (primary N) is 1. The lowest BCUT2D eigenvalue weighted by Crippen LogP contribution is -2.49. The first kappa shape index (κ1) is 11.3. The Morgan fingerprint density at radius 1 is 1.50 bits per heavy atom. The van der Waals surface area contributed by atoms with Gasteiger partial charge in [-0.25, -0.2) is 0 Å². The van der Waals surface area contributed by atoms with Crippen LogP contribution in [0, 0.1) is 6.92 Å². The Balaban J connectivity index is 2.23. The van der Waals surface area contributed by atoms with Gasteiger partial charge in [-0.2, -0.15) is 5.10 Å². The van der Waals surface area contributed by atoms with Gasteiger partial charge in [0, 0.05) is 18.6 Å². The molecule has 0 spiro atoms. The first-order valence-corrected chi connectivity index (χ1v) is 6.00. The molecule has 2 unspecified atom stereocenters. The van der Waals surface area contributed by atoms with E-state index in [-0.39, 0.29) is 6.04 Å². The Kier molecular flexibility index (Phi) is 3.39. The Bertz CT molecular complexity index is 351. The van der Waals surface area contributed by atoms with Crippen LogP contribution in [0.15, 0.2) is 12.3 Å². The summed E-state index contributed by atoms with van der Waals surface area (Å²) in [7, 11) is 0. The van der Waals surface area contributed by atoms with E-state index < -0.39 is 0 Å². The van der Waals surface area contributed by atoms with Crippen LogP contribution in [0.3, 0.4) is 0 Å². The van der Waals surface area contributed by atoms with Crippen LogP contribution >= 0.6 is 0 Å². The number of anilines is 1. The van der Waals surface area contributed by atoms with E-state index in [1.165, 1.54) is 12.8 Å². The lowest BCUT2D eigenvalue weighted by atomic mass is 9.97. The second-order valence-electron chi connectivity index (χ2n) is 4.71. The summed E-state index contributed by atoms with van der Waals surface area (Å²) in [5, 5.41) is 8.24. The Morgan fingerprint density at radius 3 is 3.00 bits per heavy atom. The fourth-order valence-electron chi connectivity index (χ4n) is 2.38. The first-order chi connectivity index (χ1) is 7.68. The zero-order chi connectivity index (χ0) is 11.5. The maximum absolute atomic E-state index is 6.04. The van der Waals surface area contributed by atoms with Crippen LogP contribution in [-0.4, -0.2) is 28.8 Å². The maximum atomic E-state index is 6.04. The summed E-state index contributed by atoms with van der Waals surface area (Å²) < 4.78 is 0. The van der Waals surface area contributed by atoms with Crippen molar-refractivity contribution in [2.45, 2.75) is 45.2 Å². The lowest BCUT2D eigenvalue weighted by molar-refractivity contribution is 0.410. The van der Waals surface area contributed by atoms with Gasteiger partial charge in [-0.05, 0) is 44.7 Å². The molecule has 0 saturated carbocycles. The molecule has 2 rings (SSSR count). The molecule has 0 aromatic carbocycles. The van der Waals surface area contributed by atoms with Crippen LogP contribution in [-0.2, 0) is 0 Å². The third-order valence-electron chi connectivity index (χ3n) is 3.23. The molecule has 16 heavy (non-hydrogen) atoms. The van der Waals surface area contributed by atoms with E-state index in [0.29, 0.717) is 6.04 Å². The number of nitrogens with zero attached hydrogens (tertiary/aromatic N) is 3. The minimum Gasteiger partial charge on any atom is -0.351 e. The molecule has 1 aliphatic rings. The number of aryl methyl sites for hydroxylation is 1. The van der Waals surface area contributed by atoms with Crippen molar-refractivity contribution in [1.82, 2.24) is 10.2 Å². The monoisotopic (exact) mass is 220 g/mol. The molecule has 1 fully saturated rings. The first-order valence-electron chi connectivity index (χ1n) is 6.00. The van der Waals surface area contributed by atoms with E-state index in [1.54, 1.807) is 6.20 Å². The molecule has 2 N–H and O–H groups in total. The molecule has 0 radical (unpaired) electrons. The van der Waals surface area contributed by atoms with Gasteiger partial charge in [0.25, 0.3) is 0 Å². The van der Waals surface area contributed by atoms with Crippen molar-refractivity contribution >= 4 is 5.82 Å². The number of hydrogen-bond acceptors (Lipinski definition) is 4. The molecule has 1 aromatic heterocycles. The molecule has 4 nitrogen and oxygen atoms in total. The van der Waals surface area contributed by atoms with Gasteiger partial charge < -0.3 is 10.6 Å². The maximum Gasteiger partial charge on any atom is 0.151 e. The second kappa shape index (κ2) is 4.78. The molecule has 1 aromatic rings.